The van der Waals surface area contributed by atoms with Gasteiger partial charge in [0.2, 0.25) is 4.96 Å². The van der Waals surface area contributed by atoms with Crippen molar-refractivity contribution in [1.29, 1.82) is 0 Å². The predicted octanol–water partition coefficient (Wildman–Crippen LogP) is 2.72. The zero-order chi connectivity index (χ0) is 12.8. The van der Waals surface area contributed by atoms with Crippen LogP contribution in [0.5, 0.6) is 0 Å². The molecule has 0 saturated carbocycles. The summed E-state index contributed by atoms with van der Waals surface area (Å²) in [5.41, 5.74) is 0.965. The van der Waals surface area contributed by atoms with E-state index in [1.165, 1.54) is 11.3 Å². The van der Waals surface area contributed by atoms with Gasteiger partial charge in [-0.2, -0.15) is 4.98 Å². The van der Waals surface area contributed by atoms with Gasteiger partial charge in [-0.05, 0) is 13.8 Å². The first-order chi connectivity index (χ1) is 7.79. The molecule has 0 aliphatic heterocycles. The van der Waals surface area contributed by atoms with Crippen molar-refractivity contribution in [2.75, 3.05) is 5.32 Å². The number of nitrogens with one attached hydrogen (secondary N) is 1. The lowest BCUT2D eigenvalue weighted by Gasteiger charge is -2.07. The molecule has 0 aliphatic carbocycles. The van der Waals surface area contributed by atoms with Crippen LogP contribution in [0.2, 0.25) is 0 Å². The molecule has 0 radical (unpaired) electrons. The molecule has 2 heterocycles. The summed E-state index contributed by atoms with van der Waals surface area (Å²) in [5.74, 6) is -0.661. The van der Waals surface area contributed by atoms with Crippen molar-refractivity contribution in [2.45, 2.75) is 17.6 Å². The van der Waals surface area contributed by atoms with Crippen LogP contribution in [0, 0.1) is 13.8 Å². The van der Waals surface area contributed by atoms with Crippen LogP contribution in [0.4, 0.5) is 5.95 Å². The van der Waals surface area contributed by atoms with Crippen LogP contribution in [-0.2, 0) is 4.79 Å². The highest BCUT2D eigenvalue weighted by molar-refractivity contribution is 7.17. The maximum Gasteiger partial charge on any atom is 0.278 e. The molecule has 0 aromatic carbocycles. The lowest BCUT2D eigenvalue weighted by Crippen LogP contribution is -2.27. The molecule has 0 bridgehead atoms. The Morgan fingerprint density at radius 2 is 2.06 bits per heavy atom. The number of amides is 1. The third kappa shape index (κ3) is 2.49. The normalized spacial score (nSPS) is 12.1. The molecule has 1 N–H and O–H groups in total. The summed E-state index contributed by atoms with van der Waals surface area (Å²) >= 11 is 17.7. The molecular weight excluding hydrogens is 307 g/mol. The number of carbonyl (C=O) groups is 1. The molecule has 0 fully saturated rings. The summed E-state index contributed by atoms with van der Waals surface area (Å²) in [4.78, 5) is 17.3. The Labute approximate surface area is 116 Å². The molecule has 0 atom stereocenters. The van der Waals surface area contributed by atoms with E-state index in [2.05, 4.69) is 15.4 Å². The summed E-state index contributed by atoms with van der Waals surface area (Å²) < 4.78 is -0.391. The Morgan fingerprint density at radius 1 is 1.41 bits per heavy atom. The van der Waals surface area contributed by atoms with Gasteiger partial charge in [-0.3, -0.25) is 10.1 Å². The van der Waals surface area contributed by atoms with Crippen molar-refractivity contribution < 1.29 is 4.79 Å². The lowest BCUT2D eigenvalue weighted by atomic mass is 10.4. The molecule has 2 aromatic rings. The van der Waals surface area contributed by atoms with Crippen molar-refractivity contribution in [3.8, 4) is 0 Å². The lowest BCUT2D eigenvalue weighted by molar-refractivity contribution is -0.115. The first-order valence-electron chi connectivity index (χ1n) is 4.50. The average molecular weight is 314 g/mol. The number of anilines is 1. The molecule has 0 spiro atoms. The van der Waals surface area contributed by atoms with Crippen LogP contribution in [0.25, 0.3) is 4.96 Å². The van der Waals surface area contributed by atoms with E-state index in [9.17, 15) is 4.79 Å². The predicted molar refractivity (Wildman–Crippen MR) is 69.3 cm³/mol. The standard InChI is InChI=1S/C8H7Cl3N4OS/c1-3-4(2)17-7-13-6(14-15(3)7)12-5(16)8(9,10)11/h1-2H3,(H,12,14,16). The average Bonchev–Trinajstić information content (AvgIpc) is 2.67. The van der Waals surface area contributed by atoms with Crippen molar-refractivity contribution in [2.24, 2.45) is 0 Å². The van der Waals surface area contributed by atoms with E-state index < -0.39 is 9.70 Å². The topological polar surface area (TPSA) is 59.3 Å². The molecule has 9 heteroatoms. The minimum Gasteiger partial charge on any atom is -0.289 e. The van der Waals surface area contributed by atoms with E-state index in [4.69, 9.17) is 34.8 Å². The molecule has 1 amide bonds. The van der Waals surface area contributed by atoms with Gasteiger partial charge in [0.15, 0.2) is 0 Å². The second-order valence-electron chi connectivity index (χ2n) is 3.33. The highest BCUT2D eigenvalue weighted by Gasteiger charge is 2.31. The van der Waals surface area contributed by atoms with Crippen LogP contribution in [0.15, 0.2) is 0 Å². The van der Waals surface area contributed by atoms with Crippen molar-refractivity contribution in [1.82, 2.24) is 14.6 Å². The highest BCUT2D eigenvalue weighted by Crippen LogP contribution is 2.27. The van der Waals surface area contributed by atoms with Crippen LogP contribution in [-0.4, -0.2) is 24.3 Å². The number of aryl methyl sites for hydroxylation is 2. The summed E-state index contributed by atoms with van der Waals surface area (Å²) in [5, 5.41) is 6.43. The molecule has 0 aliphatic rings. The first-order valence-corrected chi connectivity index (χ1v) is 6.45. The summed E-state index contributed by atoms with van der Waals surface area (Å²) in [6.07, 6.45) is 0. The Morgan fingerprint density at radius 3 is 2.59 bits per heavy atom. The molecule has 0 saturated heterocycles. The number of hydrogen-bond donors (Lipinski definition) is 1. The second-order valence-corrected chi connectivity index (χ2v) is 6.79. The number of nitrogens with zero attached hydrogens (tertiary/aromatic N) is 3. The van der Waals surface area contributed by atoms with Gasteiger partial charge < -0.3 is 0 Å². The number of fused-ring (bicyclic) bond motifs is 1. The van der Waals surface area contributed by atoms with E-state index in [0.717, 1.165) is 10.6 Å². The first kappa shape index (κ1) is 12.9. The summed E-state index contributed by atoms with van der Waals surface area (Å²) in [7, 11) is 0. The number of alkyl halides is 3. The molecule has 5 nitrogen and oxygen atoms in total. The SMILES string of the molecule is Cc1sc2nc(NC(=O)C(Cl)(Cl)Cl)nn2c1C. The van der Waals surface area contributed by atoms with E-state index in [0.29, 0.717) is 4.96 Å². The van der Waals surface area contributed by atoms with Crippen LogP contribution < -0.4 is 5.32 Å². The van der Waals surface area contributed by atoms with Crippen LogP contribution in [0.1, 0.15) is 10.6 Å². The van der Waals surface area contributed by atoms with Gasteiger partial charge in [0.05, 0.1) is 5.69 Å². The van der Waals surface area contributed by atoms with Crippen molar-refractivity contribution in [3.63, 3.8) is 0 Å². The summed E-state index contributed by atoms with van der Waals surface area (Å²) in [6, 6.07) is 0. The third-order valence-electron chi connectivity index (χ3n) is 2.13. The zero-order valence-corrected chi connectivity index (χ0v) is 11.9. The van der Waals surface area contributed by atoms with Gasteiger partial charge >= 0.3 is 0 Å². The van der Waals surface area contributed by atoms with Crippen molar-refractivity contribution in [3.05, 3.63) is 10.6 Å². The Balaban J connectivity index is 2.30. The maximum absolute atomic E-state index is 11.4. The maximum atomic E-state index is 11.4. The van der Waals surface area contributed by atoms with Gasteiger partial charge in [0.1, 0.15) is 0 Å². The second kappa shape index (κ2) is 4.28. The Kier molecular flexibility index (Phi) is 3.24. The molecule has 92 valence electrons. The fourth-order valence-electron chi connectivity index (χ4n) is 1.17. The monoisotopic (exact) mass is 312 g/mol. The van der Waals surface area contributed by atoms with Crippen molar-refractivity contribution >= 4 is 63.0 Å². The van der Waals surface area contributed by atoms with E-state index in [1.807, 2.05) is 13.8 Å². The van der Waals surface area contributed by atoms with Gasteiger partial charge in [0.25, 0.3) is 15.6 Å². The molecule has 0 unspecified atom stereocenters. The fourth-order valence-corrected chi connectivity index (χ4v) is 2.21. The fraction of sp³-hybridized carbons (Fsp3) is 0.375. The molecule has 2 aromatic heterocycles. The minimum absolute atomic E-state index is 0.121. The smallest absolute Gasteiger partial charge is 0.278 e. The third-order valence-corrected chi connectivity index (χ3v) is 3.70. The number of hydrogen-bond acceptors (Lipinski definition) is 4. The summed E-state index contributed by atoms with van der Waals surface area (Å²) in [6.45, 7) is 3.88. The molecular formula is C8H7Cl3N4OS. The number of halogens is 3. The van der Waals surface area contributed by atoms with Crippen LogP contribution in [0.3, 0.4) is 0 Å². The van der Waals surface area contributed by atoms with Gasteiger partial charge in [-0.25, -0.2) is 4.52 Å². The number of rotatable bonds is 1. The van der Waals surface area contributed by atoms with Gasteiger partial charge in [0, 0.05) is 4.88 Å². The minimum atomic E-state index is -2.02. The zero-order valence-electron chi connectivity index (χ0n) is 8.79. The number of thiazole rings is 1. The molecule has 2 rings (SSSR count). The molecule has 17 heavy (non-hydrogen) atoms. The van der Waals surface area contributed by atoms with E-state index >= 15 is 0 Å². The largest absolute Gasteiger partial charge is 0.289 e. The highest BCUT2D eigenvalue weighted by atomic mass is 35.6. The number of carbonyl (C=O) groups excluding carboxylic acids is 1. The van der Waals surface area contributed by atoms with Gasteiger partial charge in [-0.15, -0.1) is 5.10 Å². The Bertz CT molecular complexity index is 585. The van der Waals surface area contributed by atoms with E-state index in [1.54, 1.807) is 4.52 Å². The van der Waals surface area contributed by atoms with Crippen LogP contribution >= 0.6 is 46.1 Å². The Hall–Kier alpha value is -0.560. The van der Waals surface area contributed by atoms with E-state index in [-0.39, 0.29) is 5.95 Å². The van der Waals surface area contributed by atoms with Gasteiger partial charge in [-0.1, -0.05) is 46.1 Å². The number of aromatic nitrogens is 3. The quantitative estimate of drug-likeness (QED) is 0.824.